The fraction of sp³-hybridized carbons (Fsp3) is 0.333. The van der Waals surface area contributed by atoms with Crippen LogP contribution in [0, 0.1) is 18.8 Å². The first-order chi connectivity index (χ1) is 11.6. The van der Waals surface area contributed by atoms with Gasteiger partial charge in [-0.3, -0.25) is 5.01 Å². The maximum Gasteiger partial charge on any atom is 0.0568 e. The molecule has 1 fully saturated rings. The number of hydrogen-bond acceptors (Lipinski definition) is 4. The summed E-state index contributed by atoms with van der Waals surface area (Å²) in [6, 6.07) is 12.6. The molecule has 1 saturated heterocycles. The minimum atomic E-state index is 0.665. The van der Waals surface area contributed by atoms with E-state index in [1.54, 1.807) is 16.8 Å². The summed E-state index contributed by atoms with van der Waals surface area (Å²) in [6.07, 6.45) is 0. The molecule has 0 saturated carbocycles. The highest BCUT2D eigenvalue weighted by atomic mass is 35.5. The van der Waals surface area contributed by atoms with Gasteiger partial charge in [0.05, 0.1) is 24.1 Å². The number of aryl methyl sites for hydroxylation is 2. The number of anilines is 1. The van der Waals surface area contributed by atoms with E-state index in [-0.39, 0.29) is 0 Å². The Labute approximate surface area is 151 Å². The predicted octanol–water partition coefficient (Wildman–Crippen LogP) is 4.91. The monoisotopic (exact) mass is 361 g/mol. The van der Waals surface area contributed by atoms with Crippen molar-refractivity contribution < 1.29 is 0 Å². The summed E-state index contributed by atoms with van der Waals surface area (Å²) in [7, 11) is 0. The molecule has 24 heavy (non-hydrogen) atoms. The summed E-state index contributed by atoms with van der Waals surface area (Å²) in [5.74, 6) is 0. The quantitative estimate of drug-likeness (QED) is 0.725. The van der Waals surface area contributed by atoms with Crippen molar-refractivity contribution in [1.29, 1.82) is 0 Å². The van der Waals surface area contributed by atoms with Gasteiger partial charge in [0.2, 0.25) is 0 Å². The van der Waals surface area contributed by atoms with Crippen molar-refractivity contribution in [2.75, 3.05) is 31.1 Å². The lowest BCUT2D eigenvalue weighted by Gasteiger charge is -2.34. The van der Waals surface area contributed by atoms with Crippen molar-refractivity contribution in [3.05, 3.63) is 57.5 Å². The van der Waals surface area contributed by atoms with Gasteiger partial charge in [0, 0.05) is 27.9 Å². The van der Waals surface area contributed by atoms with E-state index in [9.17, 15) is 4.91 Å². The highest BCUT2D eigenvalue weighted by Crippen LogP contribution is 2.38. The summed E-state index contributed by atoms with van der Waals surface area (Å²) in [5, 5.41) is 5.41. The topological polar surface area (TPSA) is 35.9 Å². The molecule has 2 aromatic carbocycles. The largest absolute Gasteiger partial charge is 0.367 e. The molecule has 0 radical (unpaired) electrons. The lowest BCUT2D eigenvalue weighted by molar-refractivity contribution is 0.266. The minimum absolute atomic E-state index is 0.665. The van der Waals surface area contributed by atoms with E-state index in [0.29, 0.717) is 13.1 Å². The lowest BCUT2D eigenvalue weighted by Crippen LogP contribution is -2.44. The molecule has 6 heteroatoms. The van der Waals surface area contributed by atoms with Crippen LogP contribution in [0.25, 0.3) is 0 Å². The maximum absolute atomic E-state index is 10.6. The Morgan fingerprint density at radius 3 is 2.42 bits per heavy atom. The van der Waals surface area contributed by atoms with Crippen LogP contribution in [-0.2, 0) is 0 Å². The first-order valence-corrected chi connectivity index (χ1v) is 9.14. The average Bonchev–Trinajstić information content (AvgIpc) is 2.60. The van der Waals surface area contributed by atoms with Crippen molar-refractivity contribution >= 4 is 29.1 Å². The highest BCUT2D eigenvalue weighted by Gasteiger charge is 2.19. The average molecular weight is 362 g/mol. The van der Waals surface area contributed by atoms with Gasteiger partial charge < -0.3 is 4.90 Å². The van der Waals surface area contributed by atoms with Gasteiger partial charge in [-0.25, -0.2) is 0 Å². The summed E-state index contributed by atoms with van der Waals surface area (Å²) < 4.78 is 0. The fourth-order valence-electron chi connectivity index (χ4n) is 2.86. The van der Waals surface area contributed by atoms with Crippen LogP contribution in [-0.4, -0.2) is 31.2 Å². The third-order valence-electron chi connectivity index (χ3n) is 4.25. The van der Waals surface area contributed by atoms with E-state index in [2.05, 4.69) is 47.4 Å². The predicted molar refractivity (Wildman–Crippen MR) is 101 cm³/mol. The van der Waals surface area contributed by atoms with E-state index in [4.69, 9.17) is 11.6 Å². The standard InChI is InChI=1S/C18H20ClN3OS/c1-13-11-14(2)18(12-15(13)19)24-17-6-4-3-5-16(17)21-7-9-22(20-23)10-8-21/h3-6,11-12H,7-10H2,1-2H3. The molecule has 0 aliphatic carbocycles. The molecular formula is C18H20ClN3OS. The number of nitroso groups, excluding NO2 is 1. The molecule has 0 aromatic heterocycles. The van der Waals surface area contributed by atoms with E-state index < -0.39 is 0 Å². The van der Waals surface area contributed by atoms with Crippen LogP contribution in [0.4, 0.5) is 5.69 Å². The van der Waals surface area contributed by atoms with Crippen LogP contribution in [0.1, 0.15) is 11.1 Å². The Kier molecular flexibility index (Phi) is 5.31. The van der Waals surface area contributed by atoms with Crippen LogP contribution in [0.2, 0.25) is 5.02 Å². The first kappa shape index (κ1) is 17.1. The zero-order chi connectivity index (χ0) is 17.1. The Morgan fingerprint density at radius 1 is 1.00 bits per heavy atom. The van der Waals surface area contributed by atoms with E-state index in [1.807, 2.05) is 13.0 Å². The number of rotatable bonds is 4. The van der Waals surface area contributed by atoms with Crippen LogP contribution in [0.15, 0.2) is 51.5 Å². The second-order valence-corrected chi connectivity index (χ2v) is 7.45. The Bertz CT molecular complexity index is 745. The molecule has 1 aliphatic rings. The third-order valence-corrected chi connectivity index (χ3v) is 5.89. The van der Waals surface area contributed by atoms with Gasteiger partial charge >= 0.3 is 0 Å². The number of para-hydroxylation sites is 1. The van der Waals surface area contributed by atoms with Crippen molar-refractivity contribution in [3.63, 3.8) is 0 Å². The second-order valence-electron chi connectivity index (χ2n) is 5.96. The molecule has 2 aromatic rings. The van der Waals surface area contributed by atoms with Crippen LogP contribution < -0.4 is 4.90 Å². The van der Waals surface area contributed by atoms with Crippen LogP contribution in [0.5, 0.6) is 0 Å². The number of piperazine rings is 1. The fourth-order valence-corrected chi connectivity index (χ4v) is 4.17. The van der Waals surface area contributed by atoms with E-state index >= 15 is 0 Å². The zero-order valence-corrected chi connectivity index (χ0v) is 15.4. The second kappa shape index (κ2) is 7.45. The molecule has 1 heterocycles. The minimum Gasteiger partial charge on any atom is -0.367 e. The molecule has 4 nitrogen and oxygen atoms in total. The Morgan fingerprint density at radius 2 is 1.71 bits per heavy atom. The SMILES string of the molecule is Cc1cc(C)c(Sc2ccccc2N2CCN(N=O)CC2)cc1Cl. The molecule has 0 unspecified atom stereocenters. The zero-order valence-electron chi connectivity index (χ0n) is 13.8. The van der Waals surface area contributed by atoms with Crippen molar-refractivity contribution in [2.45, 2.75) is 23.6 Å². The smallest absolute Gasteiger partial charge is 0.0568 e. The first-order valence-electron chi connectivity index (χ1n) is 7.95. The molecule has 3 rings (SSSR count). The third kappa shape index (κ3) is 3.68. The lowest BCUT2D eigenvalue weighted by atomic mass is 10.2. The van der Waals surface area contributed by atoms with Crippen molar-refractivity contribution in [1.82, 2.24) is 5.01 Å². The molecule has 0 spiro atoms. The van der Waals surface area contributed by atoms with Crippen molar-refractivity contribution in [2.24, 2.45) is 5.29 Å². The van der Waals surface area contributed by atoms with Gasteiger partial charge in [0.1, 0.15) is 0 Å². The number of benzene rings is 2. The molecule has 126 valence electrons. The van der Waals surface area contributed by atoms with Gasteiger partial charge in [0.25, 0.3) is 0 Å². The summed E-state index contributed by atoms with van der Waals surface area (Å²) >= 11 is 8.04. The van der Waals surface area contributed by atoms with Crippen molar-refractivity contribution in [3.8, 4) is 0 Å². The Balaban J connectivity index is 1.85. The molecular weight excluding hydrogens is 342 g/mol. The van der Waals surface area contributed by atoms with E-state index in [0.717, 1.165) is 23.7 Å². The summed E-state index contributed by atoms with van der Waals surface area (Å²) in [5.41, 5.74) is 3.53. The Hall–Kier alpha value is -1.72. The maximum atomic E-state index is 10.6. The number of hydrogen-bond donors (Lipinski definition) is 0. The van der Waals surface area contributed by atoms with Crippen LogP contribution in [0.3, 0.4) is 0 Å². The molecule has 0 amide bonds. The van der Waals surface area contributed by atoms with E-state index in [1.165, 1.54) is 21.0 Å². The van der Waals surface area contributed by atoms with Gasteiger partial charge in [-0.05, 0) is 43.2 Å². The van der Waals surface area contributed by atoms with Crippen LogP contribution >= 0.6 is 23.4 Å². The molecule has 0 bridgehead atoms. The van der Waals surface area contributed by atoms with Gasteiger partial charge in [-0.1, -0.05) is 41.6 Å². The molecule has 1 aliphatic heterocycles. The van der Waals surface area contributed by atoms with Gasteiger partial charge in [-0.15, -0.1) is 4.91 Å². The highest BCUT2D eigenvalue weighted by molar-refractivity contribution is 7.99. The summed E-state index contributed by atoms with van der Waals surface area (Å²) in [6.45, 7) is 7.07. The summed E-state index contributed by atoms with van der Waals surface area (Å²) in [4.78, 5) is 15.3. The van der Waals surface area contributed by atoms with Gasteiger partial charge in [0.15, 0.2) is 0 Å². The number of nitrogens with zero attached hydrogens (tertiary/aromatic N) is 3. The normalized spacial score (nSPS) is 14.8. The molecule has 0 N–H and O–H groups in total. The van der Waals surface area contributed by atoms with Gasteiger partial charge in [-0.2, -0.15) is 0 Å². The molecule has 0 atom stereocenters. The number of halogens is 1.